The van der Waals surface area contributed by atoms with Crippen LogP contribution in [0.2, 0.25) is 5.02 Å². The quantitative estimate of drug-likeness (QED) is 0.569. The van der Waals surface area contributed by atoms with E-state index in [9.17, 15) is 22.8 Å². The summed E-state index contributed by atoms with van der Waals surface area (Å²) in [6.45, 7) is 0.639. The summed E-state index contributed by atoms with van der Waals surface area (Å²) >= 11 is 5.70. The first-order valence-electron chi connectivity index (χ1n) is 10.3. The zero-order valence-electron chi connectivity index (χ0n) is 17.4. The number of benzene rings is 1. The molecule has 6 nitrogen and oxygen atoms in total. The number of nitrogens with one attached hydrogen (secondary N) is 2. The van der Waals surface area contributed by atoms with Crippen molar-refractivity contribution in [1.29, 1.82) is 0 Å². The van der Waals surface area contributed by atoms with Gasteiger partial charge in [0.15, 0.2) is 5.78 Å². The Bertz CT molecular complexity index is 1140. The number of pyridine rings is 1. The molecule has 0 bridgehead atoms. The van der Waals surface area contributed by atoms with Gasteiger partial charge in [-0.2, -0.15) is 13.2 Å². The average molecular weight is 477 g/mol. The van der Waals surface area contributed by atoms with Crippen molar-refractivity contribution in [2.75, 3.05) is 11.9 Å². The lowest BCUT2D eigenvalue weighted by atomic mass is 9.95. The number of aromatic nitrogens is 1. The molecule has 0 saturated heterocycles. The van der Waals surface area contributed by atoms with Gasteiger partial charge in [0.25, 0.3) is 0 Å². The molecule has 2 aromatic rings. The van der Waals surface area contributed by atoms with Gasteiger partial charge in [-0.05, 0) is 43.2 Å². The van der Waals surface area contributed by atoms with E-state index >= 15 is 0 Å². The Balaban J connectivity index is 1.35. The first-order chi connectivity index (χ1) is 15.7. The number of amides is 1. The molecule has 4 rings (SSSR count). The summed E-state index contributed by atoms with van der Waals surface area (Å²) in [4.78, 5) is 33.2. The van der Waals surface area contributed by atoms with Crippen LogP contribution in [0.4, 0.5) is 24.5 Å². The maximum atomic E-state index is 13.3. The number of ketones is 1. The van der Waals surface area contributed by atoms with Gasteiger partial charge in [-0.1, -0.05) is 17.7 Å². The molecule has 2 aliphatic rings. The number of halogens is 4. The summed E-state index contributed by atoms with van der Waals surface area (Å²) in [5, 5.41) is 5.50. The van der Waals surface area contributed by atoms with Gasteiger partial charge >= 0.3 is 6.18 Å². The van der Waals surface area contributed by atoms with Crippen LogP contribution in [0.3, 0.4) is 0 Å². The van der Waals surface area contributed by atoms with Gasteiger partial charge in [0.2, 0.25) is 5.91 Å². The molecule has 1 aromatic heterocycles. The van der Waals surface area contributed by atoms with Crippen LogP contribution >= 0.6 is 11.6 Å². The van der Waals surface area contributed by atoms with Crippen molar-refractivity contribution in [1.82, 2.24) is 10.3 Å². The predicted octanol–water partition coefficient (Wildman–Crippen LogP) is 4.86. The number of hydrogen-bond acceptors (Lipinski definition) is 5. The van der Waals surface area contributed by atoms with Gasteiger partial charge in [0.1, 0.15) is 0 Å². The van der Waals surface area contributed by atoms with Gasteiger partial charge in [0.05, 0.1) is 47.3 Å². The van der Waals surface area contributed by atoms with Gasteiger partial charge in [0, 0.05) is 23.2 Å². The number of carbonyl (C=O) groups is 2. The topological polar surface area (TPSA) is 83.5 Å². The lowest BCUT2D eigenvalue weighted by molar-refractivity contribution is -0.137. The highest BCUT2D eigenvalue weighted by molar-refractivity contribution is 6.30. The summed E-state index contributed by atoms with van der Waals surface area (Å²) < 4.78 is 39.8. The van der Waals surface area contributed by atoms with Crippen molar-refractivity contribution in [2.45, 2.75) is 32.0 Å². The van der Waals surface area contributed by atoms with Crippen LogP contribution in [0, 0.1) is 5.41 Å². The molecule has 2 heterocycles. The van der Waals surface area contributed by atoms with E-state index in [0.717, 1.165) is 6.07 Å². The van der Waals surface area contributed by atoms with Gasteiger partial charge in [-0.15, -0.1) is 0 Å². The highest BCUT2D eigenvalue weighted by Crippen LogP contribution is 2.49. The van der Waals surface area contributed by atoms with Crippen LogP contribution in [0.25, 0.3) is 0 Å². The van der Waals surface area contributed by atoms with Crippen LogP contribution in [0.15, 0.2) is 53.2 Å². The van der Waals surface area contributed by atoms with Crippen LogP contribution in [-0.4, -0.2) is 29.4 Å². The number of carbonyl (C=O) groups excluding carboxylic acids is 2. The molecule has 0 spiro atoms. The normalized spacial score (nSPS) is 16.3. The minimum atomic E-state index is -4.56. The molecule has 0 radical (unpaired) electrons. The van der Waals surface area contributed by atoms with E-state index in [1.54, 1.807) is 18.2 Å². The molecule has 1 fully saturated rings. The van der Waals surface area contributed by atoms with Crippen molar-refractivity contribution in [3.63, 3.8) is 0 Å². The van der Waals surface area contributed by atoms with Crippen molar-refractivity contribution in [3.05, 3.63) is 64.5 Å². The van der Waals surface area contributed by atoms with Crippen molar-refractivity contribution < 1.29 is 22.8 Å². The van der Waals surface area contributed by atoms with E-state index in [0.29, 0.717) is 36.3 Å². The second-order valence-electron chi connectivity index (χ2n) is 8.07. The first-order valence-corrected chi connectivity index (χ1v) is 10.6. The maximum absolute atomic E-state index is 13.3. The van der Waals surface area contributed by atoms with Crippen LogP contribution in [-0.2, 0) is 22.3 Å². The highest BCUT2D eigenvalue weighted by atomic mass is 35.5. The van der Waals surface area contributed by atoms with E-state index in [1.807, 2.05) is 0 Å². The first kappa shape index (κ1) is 23.0. The molecule has 10 heteroatoms. The molecule has 1 amide bonds. The van der Waals surface area contributed by atoms with E-state index in [1.165, 1.54) is 24.5 Å². The monoisotopic (exact) mass is 476 g/mol. The molecule has 0 unspecified atom stereocenters. The average Bonchev–Trinajstić information content (AvgIpc) is 3.33. The number of anilines is 2. The third kappa shape index (κ3) is 5.42. The molecular weight excluding hydrogens is 457 g/mol. The van der Waals surface area contributed by atoms with Gasteiger partial charge < -0.3 is 10.6 Å². The summed E-state index contributed by atoms with van der Waals surface area (Å²) in [6.07, 6.45) is 1.55. The lowest BCUT2D eigenvalue weighted by Gasteiger charge is -2.16. The minimum absolute atomic E-state index is 0.0136. The second kappa shape index (κ2) is 8.97. The molecular formula is C23H20ClF3N4O2. The maximum Gasteiger partial charge on any atom is 0.418 e. The molecule has 1 saturated carbocycles. The minimum Gasteiger partial charge on any atom is -0.354 e. The molecule has 33 heavy (non-hydrogen) atoms. The fourth-order valence-corrected chi connectivity index (χ4v) is 3.73. The number of aliphatic imine (C=N–C) groups is 1. The highest BCUT2D eigenvalue weighted by Gasteiger charge is 2.51. The zero-order chi connectivity index (χ0) is 23.6. The van der Waals surface area contributed by atoms with E-state index in [2.05, 4.69) is 20.6 Å². The third-order valence-electron chi connectivity index (χ3n) is 5.62. The molecule has 0 atom stereocenters. The SMILES string of the molecule is O=C(CC1(C(=O)NCc2ccc(Nc3ccc(Cl)cc3C(F)(F)F)cn2)CC1)C1=CCN=C1. The summed E-state index contributed by atoms with van der Waals surface area (Å²) in [6, 6.07) is 6.66. The molecule has 2 N–H and O–H groups in total. The lowest BCUT2D eigenvalue weighted by Crippen LogP contribution is -2.33. The number of hydrogen-bond donors (Lipinski definition) is 2. The Morgan fingerprint density at radius 3 is 2.55 bits per heavy atom. The predicted molar refractivity (Wildman–Crippen MR) is 119 cm³/mol. The third-order valence-corrected chi connectivity index (χ3v) is 5.86. The number of Topliss-reactive ketones (excluding diaryl/α,β-unsaturated/α-hetero) is 1. The van der Waals surface area contributed by atoms with Crippen LogP contribution in [0.5, 0.6) is 0 Å². The summed E-state index contributed by atoms with van der Waals surface area (Å²) in [5.74, 6) is -0.288. The molecule has 1 aliphatic heterocycles. The molecule has 1 aromatic carbocycles. The van der Waals surface area contributed by atoms with E-state index in [-0.39, 0.29) is 35.4 Å². The molecule has 172 valence electrons. The largest absolute Gasteiger partial charge is 0.418 e. The standard InChI is InChI=1S/C23H20ClF3N4O2/c24-15-1-4-19(18(9-15)23(25,26)27)31-17-3-2-16(29-13-17)12-30-21(33)22(6-7-22)10-20(32)14-5-8-28-11-14/h1-5,9,11,13,31H,6-8,10,12H2,(H,30,33). The van der Waals surface area contributed by atoms with Crippen molar-refractivity contribution in [3.8, 4) is 0 Å². The summed E-state index contributed by atoms with van der Waals surface area (Å²) in [7, 11) is 0. The fraction of sp³-hybridized carbons (Fsp3) is 0.304. The Labute approximate surface area is 193 Å². The Hall–Kier alpha value is -3.20. The zero-order valence-corrected chi connectivity index (χ0v) is 18.1. The number of alkyl halides is 3. The van der Waals surface area contributed by atoms with Crippen LogP contribution < -0.4 is 10.6 Å². The fourth-order valence-electron chi connectivity index (χ4n) is 3.56. The smallest absolute Gasteiger partial charge is 0.354 e. The van der Waals surface area contributed by atoms with Gasteiger partial charge in [-0.3, -0.25) is 19.6 Å². The Morgan fingerprint density at radius 1 is 1.15 bits per heavy atom. The van der Waals surface area contributed by atoms with E-state index < -0.39 is 17.2 Å². The van der Waals surface area contributed by atoms with Crippen LogP contribution in [0.1, 0.15) is 30.5 Å². The van der Waals surface area contributed by atoms with Gasteiger partial charge in [-0.25, -0.2) is 0 Å². The van der Waals surface area contributed by atoms with Crippen molar-refractivity contribution >= 4 is 40.9 Å². The summed E-state index contributed by atoms with van der Waals surface area (Å²) in [5.41, 5.74) is -0.262. The second-order valence-corrected chi connectivity index (χ2v) is 8.50. The Morgan fingerprint density at radius 2 is 1.94 bits per heavy atom. The van der Waals surface area contributed by atoms with Crippen molar-refractivity contribution in [2.24, 2.45) is 10.4 Å². The number of rotatable bonds is 8. The number of nitrogens with zero attached hydrogens (tertiary/aromatic N) is 2. The number of allylic oxidation sites excluding steroid dienone is 1. The van der Waals surface area contributed by atoms with E-state index in [4.69, 9.17) is 11.6 Å². The Kier molecular flexibility index (Phi) is 6.25. The molecule has 1 aliphatic carbocycles.